The molecule has 28 heavy (non-hydrogen) atoms. The Hall–Kier alpha value is -3.75. The summed E-state index contributed by atoms with van der Waals surface area (Å²) < 4.78 is 28.8. The molecule has 142 valence electrons. The van der Waals surface area contributed by atoms with Crippen molar-refractivity contribution < 1.29 is 8.78 Å². The minimum atomic E-state index is -0.778. The third-order valence-electron chi connectivity index (χ3n) is 4.28. The molecule has 0 saturated carbocycles. The van der Waals surface area contributed by atoms with Gasteiger partial charge in [-0.3, -0.25) is 4.57 Å². The topological polar surface area (TPSA) is 108 Å². The van der Waals surface area contributed by atoms with Crippen LogP contribution in [0.25, 0.3) is 17.0 Å². The van der Waals surface area contributed by atoms with Crippen molar-refractivity contribution in [2.24, 2.45) is 0 Å². The molecule has 4 aromatic rings. The zero-order valence-corrected chi connectivity index (χ0v) is 14.9. The number of rotatable bonds is 4. The van der Waals surface area contributed by atoms with Gasteiger partial charge in [-0.15, -0.1) is 0 Å². The molecule has 5 N–H and O–H groups in total. The number of imidazole rings is 1. The molecule has 0 aliphatic rings. The predicted octanol–water partition coefficient (Wildman–Crippen LogP) is 3.64. The predicted molar refractivity (Wildman–Crippen MR) is 105 cm³/mol. The largest absolute Gasteiger partial charge is 0.399 e. The number of nitrogens with one attached hydrogen (secondary N) is 1. The number of aromatic nitrogens is 4. The van der Waals surface area contributed by atoms with Crippen molar-refractivity contribution >= 4 is 34.0 Å². The van der Waals surface area contributed by atoms with Crippen molar-refractivity contribution in [3.63, 3.8) is 0 Å². The first-order chi connectivity index (χ1) is 13.5. The number of benzene rings is 2. The number of alkyl halides is 1. The van der Waals surface area contributed by atoms with Gasteiger partial charge in [0, 0.05) is 11.4 Å². The Kier molecular flexibility index (Phi) is 4.26. The van der Waals surface area contributed by atoms with E-state index in [4.69, 9.17) is 11.5 Å². The van der Waals surface area contributed by atoms with E-state index < -0.39 is 12.5 Å². The van der Waals surface area contributed by atoms with Gasteiger partial charge in [0.25, 0.3) is 0 Å². The van der Waals surface area contributed by atoms with Crippen LogP contribution in [0.5, 0.6) is 0 Å². The first kappa shape index (κ1) is 17.7. The van der Waals surface area contributed by atoms with Crippen LogP contribution in [-0.4, -0.2) is 19.5 Å². The molecule has 0 atom stereocenters. The highest BCUT2D eigenvalue weighted by Gasteiger charge is 2.17. The maximum atomic E-state index is 14.5. The summed E-state index contributed by atoms with van der Waals surface area (Å²) in [6, 6.07) is 11.7. The number of halogens is 2. The Morgan fingerprint density at radius 2 is 1.79 bits per heavy atom. The number of nitrogens with zero attached hydrogens (tertiary/aromatic N) is 4. The van der Waals surface area contributed by atoms with Crippen LogP contribution in [0.2, 0.25) is 0 Å². The zero-order valence-electron chi connectivity index (χ0n) is 14.9. The van der Waals surface area contributed by atoms with Gasteiger partial charge in [0.1, 0.15) is 12.5 Å². The fraction of sp³-hybridized carbons (Fsp3) is 0.105. The standard InChI is InChI=1S/C19H17F2N7/c1-10-24-14-7-4-12(22)8-15(14)28(10)19-26-17(23)16(21)18(27-19)25-13-5-2-11(9-20)3-6-13/h2-8H,9,22H2,1H3,(H3,23,25,26,27). The molecular weight excluding hydrogens is 364 g/mol. The lowest BCUT2D eigenvalue weighted by atomic mass is 10.2. The summed E-state index contributed by atoms with van der Waals surface area (Å²) in [7, 11) is 0. The van der Waals surface area contributed by atoms with Crippen molar-refractivity contribution in [1.29, 1.82) is 0 Å². The summed E-state index contributed by atoms with van der Waals surface area (Å²) in [6.45, 7) is 1.21. The van der Waals surface area contributed by atoms with Crippen molar-refractivity contribution in [2.45, 2.75) is 13.6 Å². The second-order valence-electron chi connectivity index (χ2n) is 6.27. The van der Waals surface area contributed by atoms with E-state index in [1.807, 2.05) is 0 Å². The quantitative estimate of drug-likeness (QED) is 0.466. The van der Waals surface area contributed by atoms with Crippen LogP contribution in [0, 0.1) is 12.7 Å². The van der Waals surface area contributed by atoms with Gasteiger partial charge in [0.15, 0.2) is 11.6 Å². The molecule has 0 fully saturated rings. The number of nitrogens with two attached hydrogens (primary N) is 2. The van der Waals surface area contributed by atoms with Gasteiger partial charge < -0.3 is 16.8 Å². The molecule has 0 radical (unpaired) electrons. The van der Waals surface area contributed by atoms with Crippen LogP contribution in [-0.2, 0) is 6.67 Å². The minimum absolute atomic E-state index is 0.0966. The second kappa shape index (κ2) is 6.76. The molecule has 0 unspecified atom stereocenters. The Balaban J connectivity index is 1.81. The van der Waals surface area contributed by atoms with Crippen LogP contribution in [0.15, 0.2) is 42.5 Å². The maximum Gasteiger partial charge on any atom is 0.239 e. The molecule has 0 bridgehead atoms. The molecular formula is C19H17F2N7. The van der Waals surface area contributed by atoms with Crippen molar-refractivity contribution in [2.75, 3.05) is 16.8 Å². The van der Waals surface area contributed by atoms with Crippen molar-refractivity contribution in [1.82, 2.24) is 19.5 Å². The third kappa shape index (κ3) is 3.07. The van der Waals surface area contributed by atoms with E-state index in [0.717, 1.165) is 0 Å². The molecule has 2 aromatic carbocycles. The van der Waals surface area contributed by atoms with Crippen LogP contribution < -0.4 is 16.8 Å². The number of anilines is 4. The molecule has 9 heteroatoms. The Morgan fingerprint density at radius 1 is 1.04 bits per heavy atom. The lowest BCUT2D eigenvalue weighted by molar-refractivity contribution is 0.485. The van der Waals surface area contributed by atoms with Crippen LogP contribution in [0.3, 0.4) is 0 Å². The molecule has 2 aromatic heterocycles. The van der Waals surface area contributed by atoms with Gasteiger partial charge in [0.2, 0.25) is 11.8 Å². The number of aryl methyl sites for hydroxylation is 1. The Bertz CT molecular complexity index is 1170. The van der Waals surface area contributed by atoms with Gasteiger partial charge in [-0.1, -0.05) is 12.1 Å². The fourth-order valence-electron chi connectivity index (χ4n) is 2.91. The molecule has 2 heterocycles. The van der Waals surface area contributed by atoms with Gasteiger partial charge >= 0.3 is 0 Å². The average Bonchev–Trinajstić information content (AvgIpc) is 3.01. The van der Waals surface area contributed by atoms with Gasteiger partial charge in [0.05, 0.1) is 11.0 Å². The molecule has 0 amide bonds. The number of hydrogen-bond acceptors (Lipinski definition) is 6. The maximum absolute atomic E-state index is 14.5. The third-order valence-corrected chi connectivity index (χ3v) is 4.28. The van der Waals surface area contributed by atoms with Gasteiger partial charge in [-0.2, -0.15) is 14.4 Å². The van der Waals surface area contributed by atoms with Crippen LogP contribution in [0.1, 0.15) is 11.4 Å². The first-order valence-corrected chi connectivity index (χ1v) is 8.46. The highest BCUT2D eigenvalue weighted by Crippen LogP contribution is 2.26. The monoisotopic (exact) mass is 381 g/mol. The van der Waals surface area contributed by atoms with Gasteiger partial charge in [-0.05, 0) is 42.8 Å². The molecule has 4 rings (SSSR count). The Morgan fingerprint density at radius 3 is 2.50 bits per heavy atom. The second-order valence-corrected chi connectivity index (χ2v) is 6.27. The molecule has 0 aliphatic heterocycles. The highest BCUT2D eigenvalue weighted by molar-refractivity contribution is 5.81. The van der Waals surface area contributed by atoms with Crippen molar-refractivity contribution in [3.05, 3.63) is 59.7 Å². The van der Waals surface area contributed by atoms with Crippen molar-refractivity contribution in [3.8, 4) is 5.95 Å². The summed E-state index contributed by atoms with van der Waals surface area (Å²) in [5.74, 6) is -0.421. The van der Waals surface area contributed by atoms with E-state index in [1.54, 1.807) is 54.0 Å². The Labute approximate surface area is 159 Å². The van der Waals surface area contributed by atoms with Crippen LogP contribution in [0.4, 0.5) is 31.8 Å². The molecule has 0 aliphatic carbocycles. The lowest BCUT2D eigenvalue weighted by Gasteiger charge is -2.12. The average molecular weight is 381 g/mol. The lowest BCUT2D eigenvalue weighted by Crippen LogP contribution is -2.10. The fourth-order valence-corrected chi connectivity index (χ4v) is 2.91. The SMILES string of the molecule is Cc1nc2ccc(N)cc2n1-c1nc(N)c(F)c(Nc2ccc(CF)cc2)n1. The van der Waals surface area contributed by atoms with E-state index in [0.29, 0.717) is 33.8 Å². The van der Waals surface area contributed by atoms with E-state index in [-0.39, 0.29) is 17.6 Å². The van der Waals surface area contributed by atoms with Gasteiger partial charge in [-0.25, -0.2) is 9.37 Å². The molecule has 0 saturated heterocycles. The van der Waals surface area contributed by atoms with Crippen LogP contribution >= 0.6 is 0 Å². The smallest absolute Gasteiger partial charge is 0.239 e. The zero-order chi connectivity index (χ0) is 19.8. The number of hydrogen-bond donors (Lipinski definition) is 3. The molecule has 0 spiro atoms. The summed E-state index contributed by atoms with van der Waals surface area (Å²) in [5.41, 5.74) is 14.7. The number of nitrogen functional groups attached to an aromatic ring is 2. The first-order valence-electron chi connectivity index (χ1n) is 8.46. The number of fused-ring (bicyclic) bond motifs is 1. The highest BCUT2D eigenvalue weighted by atomic mass is 19.1. The minimum Gasteiger partial charge on any atom is -0.399 e. The van der Waals surface area contributed by atoms with E-state index in [2.05, 4.69) is 20.3 Å². The summed E-state index contributed by atoms with van der Waals surface area (Å²) >= 11 is 0. The molecule has 7 nitrogen and oxygen atoms in total. The summed E-state index contributed by atoms with van der Waals surface area (Å²) in [4.78, 5) is 12.8. The summed E-state index contributed by atoms with van der Waals surface area (Å²) in [6.07, 6.45) is 0. The summed E-state index contributed by atoms with van der Waals surface area (Å²) in [5, 5.41) is 2.86. The van der Waals surface area contributed by atoms with E-state index >= 15 is 0 Å². The van der Waals surface area contributed by atoms with E-state index in [9.17, 15) is 8.78 Å². The van der Waals surface area contributed by atoms with E-state index in [1.165, 1.54) is 0 Å². The normalized spacial score (nSPS) is 11.1.